The Morgan fingerprint density at radius 2 is 1.91 bits per heavy atom. The van der Waals surface area contributed by atoms with Crippen LogP contribution in [0, 0.1) is 10.1 Å². The summed E-state index contributed by atoms with van der Waals surface area (Å²) in [7, 11) is 1.56. The van der Waals surface area contributed by atoms with Gasteiger partial charge in [-0.1, -0.05) is 18.2 Å². The van der Waals surface area contributed by atoms with Crippen molar-refractivity contribution in [1.29, 1.82) is 0 Å². The lowest BCUT2D eigenvalue weighted by molar-refractivity contribution is -0.384. The molecule has 1 fully saturated rings. The molecule has 9 nitrogen and oxygen atoms in total. The maximum absolute atomic E-state index is 13.4. The third-order valence-corrected chi connectivity index (χ3v) is 6.33. The number of fused-ring (bicyclic) bond motifs is 4. The average molecular weight is 434 g/mol. The van der Waals surface area contributed by atoms with E-state index in [4.69, 9.17) is 4.74 Å². The van der Waals surface area contributed by atoms with Gasteiger partial charge in [-0.15, -0.1) is 0 Å². The number of nitro groups is 1. The Labute approximate surface area is 183 Å². The predicted molar refractivity (Wildman–Crippen MR) is 116 cm³/mol. The van der Waals surface area contributed by atoms with E-state index in [9.17, 15) is 19.7 Å². The molecule has 164 valence electrons. The summed E-state index contributed by atoms with van der Waals surface area (Å²) in [6.45, 7) is 0.696. The number of amides is 2. The first-order valence-electron chi connectivity index (χ1n) is 10.4. The van der Waals surface area contributed by atoms with E-state index in [1.165, 1.54) is 12.1 Å². The number of nitro benzene ring substituents is 1. The van der Waals surface area contributed by atoms with Crippen molar-refractivity contribution in [2.45, 2.75) is 18.5 Å². The van der Waals surface area contributed by atoms with Crippen molar-refractivity contribution in [3.05, 3.63) is 75.5 Å². The van der Waals surface area contributed by atoms with Gasteiger partial charge in [0.15, 0.2) is 0 Å². The number of hydrogen-bond donors (Lipinski definition) is 1. The van der Waals surface area contributed by atoms with Gasteiger partial charge < -0.3 is 19.5 Å². The molecule has 0 radical (unpaired) electrons. The van der Waals surface area contributed by atoms with E-state index in [0.717, 1.165) is 27.7 Å². The van der Waals surface area contributed by atoms with E-state index in [2.05, 4.69) is 4.98 Å². The third kappa shape index (κ3) is 3.13. The zero-order valence-corrected chi connectivity index (χ0v) is 17.5. The molecule has 9 heteroatoms. The Morgan fingerprint density at radius 3 is 2.62 bits per heavy atom. The molecule has 1 aromatic heterocycles. The van der Waals surface area contributed by atoms with Gasteiger partial charge in [-0.25, -0.2) is 0 Å². The second-order valence-electron chi connectivity index (χ2n) is 8.09. The summed E-state index contributed by atoms with van der Waals surface area (Å²) >= 11 is 0. The van der Waals surface area contributed by atoms with Crippen LogP contribution in [0.25, 0.3) is 10.9 Å². The topological polar surface area (TPSA) is 109 Å². The van der Waals surface area contributed by atoms with Gasteiger partial charge in [0.2, 0.25) is 11.8 Å². The number of nitrogens with one attached hydrogen (secondary N) is 1. The van der Waals surface area contributed by atoms with Crippen LogP contribution in [-0.4, -0.2) is 64.4 Å². The fourth-order valence-electron chi connectivity index (χ4n) is 4.84. The Bertz CT molecular complexity index is 1220. The van der Waals surface area contributed by atoms with Gasteiger partial charge in [0, 0.05) is 48.8 Å². The normalized spacial score (nSPS) is 20.4. The summed E-state index contributed by atoms with van der Waals surface area (Å²) in [5.41, 5.74) is 3.48. The molecule has 2 amide bonds. The molecule has 3 heterocycles. The second-order valence-corrected chi connectivity index (χ2v) is 8.09. The number of para-hydroxylation sites is 1. The molecule has 5 rings (SSSR count). The molecule has 0 bridgehead atoms. The number of aromatic amines is 1. The smallest absolute Gasteiger partial charge is 0.269 e. The number of ether oxygens (including phenoxy) is 1. The number of hydrogen-bond acceptors (Lipinski definition) is 5. The van der Waals surface area contributed by atoms with Crippen molar-refractivity contribution in [2.24, 2.45) is 0 Å². The molecule has 2 atom stereocenters. The molecule has 3 aromatic rings. The van der Waals surface area contributed by atoms with Gasteiger partial charge in [-0.05, 0) is 29.3 Å². The van der Waals surface area contributed by atoms with Gasteiger partial charge >= 0.3 is 0 Å². The van der Waals surface area contributed by atoms with E-state index in [1.54, 1.807) is 29.0 Å². The summed E-state index contributed by atoms with van der Waals surface area (Å²) in [5, 5.41) is 12.1. The van der Waals surface area contributed by atoms with Crippen LogP contribution in [0.3, 0.4) is 0 Å². The lowest BCUT2D eigenvalue weighted by Crippen LogP contribution is -2.63. The first kappa shape index (κ1) is 20.2. The number of nitrogens with zero attached hydrogens (tertiary/aromatic N) is 3. The molecule has 2 aliphatic heterocycles. The number of carbonyl (C=O) groups excluding carboxylic acids is 2. The number of carbonyl (C=O) groups is 2. The highest BCUT2D eigenvalue weighted by Crippen LogP contribution is 2.42. The quantitative estimate of drug-likeness (QED) is 0.490. The second kappa shape index (κ2) is 7.76. The number of piperazine rings is 1. The summed E-state index contributed by atoms with van der Waals surface area (Å²) in [6.07, 6.45) is 0.414. The minimum absolute atomic E-state index is 0.0161. The molecule has 2 aliphatic rings. The first-order valence-corrected chi connectivity index (χ1v) is 10.4. The molecular weight excluding hydrogens is 412 g/mol. The van der Waals surface area contributed by atoms with E-state index < -0.39 is 17.0 Å². The standard InChI is InChI=1S/C23H22N4O5/c1-32-11-10-25-13-20(28)26-19(23(25)29)12-17-16-4-2-3-5-18(16)24-21(17)22(26)14-6-8-15(9-7-14)27(30)31/h2-9,19,22,24H,10-13H2,1H3. The first-order chi connectivity index (χ1) is 15.5. The lowest BCUT2D eigenvalue weighted by atomic mass is 9.86. The summed E-state index contributed by atoms with van der Waals surface area (Å²) < 4.78 is 5.11. The maximum atomic E-state index is 13.4. The van der Waals surface area contributed by atoms with E-state index in [-0.39, 0.29) is 24.0 Å². The minimum Gasteiger partial charge on any atom is -0.383 e. The maximum Gasteiger partial charge on any atom is 0.269 e. The van der Waals surface area contributed by atoms with Gasteiger partial charge in [0.05, 0.1) is 24.1 Å². The lowest BCUT2D eigenvalue weighted by Gasteiger charge is -2.47. The molecule has 0 aliphatic carbocycles. The fraction of sp³-hybridized carbons (Fsp3) is 0.304. The fourth-order valence-corrected chi connectivity index (χ4v) is 4.84. The van der Waals surface area contributed by atoms with Crippen LogP contribution in [0.5, 0.6) is 0 Å². The zero-order chi connectivity index (χ0) is 22.4. The molecule has 0 saturated carbocycles. The Morgan fingerprint density at radius 1 is 1.16 bits per heavy atom. The number of H-pyrrole nitrogens is 1. The van der Waals surface area contributed by atoms with Crippen molar-refractivity contribution < 1.29 is 19.2 Å². The van der Waals surface area contributed by atoms with Crippen LogP contribution in [0.2, 0.25) is 0 Å². The summed E-state index contributed by atoms with van der Waals surface area (Å²) in [4.78, 5) is 44.0. The van der Waals surface area contributed by atoms with Crippen LogP contribution in [0.1, 0.15) is 22.9 Å². The Kier molecular flexibility index (Phi) is 4.90. The zero-order valence-electron chi connectivity index (χ0n) is 17.5. The molecule has 0 spiro atoms. The Balaban J connectivity index is 1.65. The third-order valence-electron chi connectivity index (χ3n) is 6.33. The molecule has 1 saturated heterocycles. The predicted octanol–water partition coefficient (Wildman–Crippen LogP) is 2.41. The monoisotopic (exact) mass is 434 g/mol. The van der Waals surface area contributed by atoms with Gasteiger partial charge in [-0.3, -0.25) is 19.7 Å². The van der Waals surface area contributed by atoms with Gasteiger partial charge in [-0.2, -0.15) is 0 Å². The highest BCUT2D eigenvalue weighted by molar-refractivity contribution is 5.97. The summed E-state index contributed by atoms with van der Waals surface area (Å²) in [6, 6.07) is 12.9. The van der Waals surface area contributed by atoms with Crippen molar-refractivity contribution in [1.82, 2.24) is 14.8 Å². The van der Waals surface area contributed by atoms with Crippen molar-refractivity contribution in [3.8, 4) is 0 Å². The largest absolute Gasteiger partial charge is 0.383 e. The van der Waals surface area contributed by atoms with Crippen molar-refractivity contribution >= 4 is 28.4 Å². The molecule has 1 N–H and O–H groups in total. The van der Waals surface area contributed by atoms with E-state index >= 15 is 0 Å². The SMILES string of the molecule is COCCN1CC(=O)N2C(Cc3c([nH]c4ccccc34)C2c2ccc([N+](=O)[O-])cc2)C1=O. The van der Waals surface area contributed by atoms with Gasteiger partial charge in [0.1, 0.15) is 6.04 Å². The van der Waals surface area contributed by atoms with Gasteiger partial charge in [0.25, 0.3) is 5.69 Å². The number of aromatic nitrogens is 1. The van der Waals surface area contributed by atoms with Crippen LogP contribution in [0.4, 0.5) is 5.69 Å². The molecule has 2 unspecified atom stereocenters. The van der Waals surface area contributed by atoms with Crippen LogP contribution in [0.15, 0.2) is 48.5 Å². The van der Waals surface area contributed by atoms with Crippen LogP contribution in [-0.2, 0) is 20.7 Å². The van der Waals surface area contributed by atoms with E-state index in [0.29, 0.717) is 19.6 Å². The minimum atomic E-state index is -0.639. The number of benzene rings is 2. The number of rotatable bonds is 5. The van der Waals surface area contributed by atoms with Crippen molar-refractivity contribution in [3.63, 3.8) is 0 Å². The Hall–Kier alpha value is -3.72. The molecule has 32 heavy (non-hydrogen) atoms. The van der Waals surface area contributed by atoms with Crippen LogP contribution < -0.4 is 0 Å². The average Bonchev–Trinajstić information content (AvgIpc) is 3.17. The summed E-state index contributed by atoms with van der Waals surface area (Å²) in [5.74, 6) is -0.261. The van der Waals surface area contributed by atoms with E-state index in [1.807, 2.05) is 24.3 Å². The number of non-ortho nitro benzene ring substituents is 1. The van der Waals surface area contributed by atoms with Crippen molar-refractivity contribution in [2.75, 3.05) is 26.8 Å². The highest BCUT2D eigenvalue weighted by Gasteiger charge is 2.48. The molecule has 2 aromatic carbocycles. The number of methoxy groups -OCH3 is 1. The van der Waals surface area contributed by atoms with Crippen LogP contribution >= 0.6 is 0 Å². The molecular formula is C23H22N4O5. The highest BCUT2D eigenvalue weighted by atomic mass is 16.6.